The highest BCUT2D eigenvalue weighted by molar-refractivity contribution is 6.05. The van der Waals surface area contributed by atoms with Crippen molar-refractivity contribution in [1.29, 1.82) is 0 Å². The number of benzene rings is 3. The topological polar surface area (TPSA) is 87.0 Å². The van der Waals surface area contributed by atoms with Gasteiger partial charge in [0.2, 0.25) is 0 Å². The van der Waals surface area contributed by atoms with Gasteiger partial charge in [0, 0.05) is 37.1 Å². The van der Waals surface area contributed by atoms with Crippen molar-refractivity contribution >= 4 is 16.8 Å². The van der Waals surface area contributed by atoms with Crippen molar-refractivity contribution in [1.82, 2.24) is 20.4 Å². The summed E-state index contributed by atoms with van der Waals surface area (Å²) in [6, 6.07) is 20.3. The lowest BCUT2D eigenvalue weighted by molar-refractivity contribution is 0.0950. The van der Waals surface area contributed by atoms with Gasteiger partial charge < -0.3 is 16.0 Å². The van der Waals surface area contributed by atoms with Crippen LogP contribution in [0.3, 0.4) is 0 Å². The number of aromatic nitrogens is 2. The van der Waals surface area contributed by atoms with Crippen LogP contribution in [0.1, 0.15) is 27.0 Å². The third-order valence-electron chi connectivity index (χ3n) is 5.74. The highest BCUT2D eigenvalue weighted by Crippen LogP contribution is 2.32. The normalized spacial score (nSPS) is 11.2. The molecule has 1 amide bonds. The minimum absolute atomic E-state index is 0.0945. The van der Waals surface area contributed by atoms with Gasteiger partial charge in [0.15, 0.2) is 0 Å². The standard InChI is InChI=1S/C26H29N5O/c1-18-22(26(32)28-15-19-7-4-3-5-8-19)14-23(24-16-29-30-25(18)24)21-10-6-9-20(13-21)17-31(2)12-11-27/h3-10,13-14,16H,11-12,15,17,27H2,1-2H3,(H,28,32)(H,29,30). The molecule has 1 heterocycles. The third-order valence-corrected chi connectivity index (χ3v) is 5.74. The Labute approximate surface area is 188 Å². The molecule has 0 aliphatic heterocycles. The van der Waals surface area contributed by atoms with Crippen molar-refractivity contribution in [2.45, 2.75) is 20.0 Å². The average molecular weight is 428 g/mol. The van der Waals surface area contributed by atoms with Crippen LogP contribution < -0.4 is 11.1 Å². The lowest BCUT2D eigenvalue weighted by atomic mass is 9.94. The number of aryl methyl sites for hydroxylation is 1. The van der Waals surface area contributed by atoms with Gasteiger partial charge in [-0.05, 0) is 53.9 Å². The van der Waals surface area contributed by atoms with E-state index in [1.165, 1.54) is 5.56 Å². The molecule has 32 heavy (non-hydrogen) atoms. The molecule has 0 atom stereocenters. The average Bonchev–Trinajstić information content (AvgIpc) is 3.29. The van der Waals surface area contributed by atoms with Crippen molar-refractivity contribution in [3.63, 3.8) is 0 Å². The Morgan fingerprint density at radius 2 is 1.88 bits per heavy atom. The molecule has 0 aliphatic carbocycles. The number of nitrogens with two attached hydrogens (primary N) is 1. The fraction of sp³-hybridized carbons (Fsp3) is 0.231. The maximum absolute atomic E-state index is 13.1. The Morgan fingerprint density at radius 1 is 1.09 bits per heavy atom. The summed E-state index contributed by atoms with van der Waals surface area (Å²) in [4.78, 5) is 15.3. The van der Waals surface area contributed by atoms with Gasteiger partial charge in [-0.2, -0.15) is 5.10 Å². The molecule has 4 aromatic rings. The zero-order valence-corrected chi connectivity index (χ0v) is 18.6. The molecule has 4 rings (SSSR count). The molecule has 0 radical (unpaired) electrons. The van der Waals surface area contributed by atoms with Crippen molar-refractivity contribution in [3.8, 4) is 11.1 Å². The minimum Gasteiger partial charge on any atom is -0.348 e. The molecule has 1 aromatic heterocycles. The Balaban J connectivity index is 1.67. The first-order valence-corrected chi connectivity index (χ1v) is 10.8. The van der Waals surface area contributed by atoms with Gasteiger partial charge in [-0.3, -0.25) is 9.89 Å². The van der Waals surface area contributed by atoms with Crippen LogP contribution in [0.15, 0.2) is 66.9 Å². The van der Waals surface area contributed by atoms with Gasteiger partial charge in [0.05, 0.1) is 11.7 Å². The zero-order chi connectivity index (χ0) is 22.5. The first-order valence-electron chi connectivity index (χ1n) is 10.8. The van der Waals surface area contributed by atoms with E-state index in [4.69, 9.17) is 5.73 Å². The van der Waals surface area contributed by atoms with Crippen LogP contribution in [0.4, 0.5) is 0 Å². The maximum atomic E-state index is 13.1. The SMILES string of the molecule is Cc1c(C(=O)NCc2ccccc2)cc(-c2cccc(CN(C)CCN)c2)c2cn[nH]c12. The second-order valence-corrected chi connectivity index (χ2v) is 8.15. The van der Waals surface area contributed by atoms with Crippen LogP contribution in [0.2, 0.25) is 0 Å². The van der Waals surface area contributed by atoms with E-state index in [0.717, 1.165) is 46.2 Å². The van der Waals surface area contributed by atoms with E-state index in [1.807, 2.05) is 49.5 Å². The largest absolute Gasteiger partial charge is 0.348 e. The molecule has 0 spiro atoms. The predicted molar refractivity (Wildman–Crippen MR) is 129 cm³/mol. The maximum Gasteiger partial charge on any atom is 0.251 e. The van der Waals surface area contributed by atoms with E-state index >= 15 is 0 Å². The fourth-order valence-electron chi connectivity index (χ4n) is 4.04. The molecule has 0 saturated heterocycles. The van der Waals surface area contributed by atoms with Crippen molar-refractivity contribution in [3.05, 3.63) is 89.1 Å². The molecule has 0 unspecified atom stereocenters. The number of fused-ring (bicyclic) bond motifs is 1. The second-order valence-electron chi connectivity index (χ2n) is 8.15. The van der Waals surface area contributed by atoms with Crippen molar-refractivity contribution in [2.24, 2.45) is 5.73 Å². The summed E-state index contributed by atoms with van der Waals surface area (Å²) in [5, 5.41) is 11.4. The van der Waals surface area contributed by atoms with Crippen LogP contribution >= 0.6 is 0 Å². The lowest BCUT2D eigenvalue weighted by Gasteiger charge is -2.16. The molecule has 3 aromatic carbocycles. The van der Waals surface area contributed by atoms with E-state index in [9.17, 15) is 4.79 Å². The van der Waals surface area contributed by atoms with Crippen LogP contribution in [0.25, 0.3) is 22.0 Å². The molecule has 0 saturated carbocycles. The Bertz CT molecular complexity index is 1220. The van der Waals surface area contributed by atoms with Crippen LogP contribution in [0, 0.1) is 6.92 Å². The number of carbonyl (C=O) groups excluding carboxylic acids is 1. The Morgan fingerprint density at radius 3 is 2.66 bits per heavy atom. The molecule has 0 fully saturated rings. The Hall–Kier alpha value is -3.48. The van der Waals surface area contributed by atoms with Gasteiger partial charge in [-0.25, -0.2) is 0 Å². The first-order chi connectivity index (χ1) is 15.6. The van der Waals surface area contributed by atoms with Gasteiger partial charge in [0.25, 0.3) is 5.91 Å². The number of nitrogens with one attached hydrogen (secondary N) is 2. The quantitative estimate of drug-likeness (QED) is 0.399. The van der Waals surface area contributed by atoms with Gasteiger partial charge >= 0.3 is 0 Å². The number of hydrogen-bond acceptors (Lipinski definition) is 4. The monoisotopic (exact) mass is 427 g/mol. The van der Waals surface area contributed by atoms with E-state index in [2.05, 4.69) is 51.7 Å². The van der Waals surface area contributed by atoms with Crippen molar-refractivity contribution in [2.75, 3.05) is 20.1 Å². The van der Waals surface area contributed by atoms with Crippen LogP contribution in [0.5, 0.6) is 0 Å². The Kier molecular flexibility index (Phi) is 6.63. The minimum atomic E-state index is -0.0945. The highest BCUT2D eigenvalue weighted by Gasteiger charge is 2.17. The molecular weight excluding hydrogens is 398 g/mol. The highest BCUT2D eigenvalue weighted by atomic mass is 16.1. The van der Waals surface area contributed by atoms with Crippen molar-refractivity contribution < 1.29 is 4.79 Å². The number of H-pyrrole nitrogens is 1. The molecular formula is C26H29N5O. The molecule has 6 nitrogen and oxygen atoms in total. The molecule has 6 heteroatoms. The van der Waals surface area contributed by atoms with E-state index in [0.29, 0.717) is 18.7 Å². The predicted octanol–water partition coefficient (Wildman–Crippen LogP) is 3.86. The van der Waals surface area contributed by atoms with Gasteiger partial charge in [-0.1, -0.05) is 48.5 Å². The third kappa shape index (κ3) is 4.72. The van der Waals surface area contributed by atoms with Gasteiger partial charge in [0.1, 0.15) is 0 Å². The fourth-order valence-corrected chi connectivity index (χ4v) is 4.04. The number of nitrogens with zero attached hydrogens (tertiary/aromatic N) is 2. The molecule has 4 N–H and O–H groups in total. The lowest BCUT2D eigenvalue weighted by Crippen LogP contribution is -2.24. The summed E-state index contributed by atoms with van der Waals surface area (Å²) < 4.78 is 0. The molecule has 0 aliphatic rings. The van der Waals surface area contributed by atoms with E-state index < -0.39 is 0 Å². The molecule has 0 bridgehead atoms. The summed E-state index contributed by atoms with van der Waals surface area (Å²) >= 11 is 0. The summed E-state index contributed by atoms with van der Waals surface area (Å²) in [6.07, 6.45) is 1.83. The number of aromatic amines is 1. The summed E-state index contributed by atoms with van der Waals surface area (Å²) in [6.45, 7) is 4.73. The van der Waals surface area contributed by atoms with E-state index in [1.54, 1.807) is 0 Å². The smallest absolute Gasteiger partial charge is 0.251 e. The summed E-state index contributed by atoms with van der Waals surface area (Å²) in [5.74, 6) is -0.0945. The zero-order valence-electron chi connectivity index (χ0n) is 18.6. The summed E-state index contributed by atoms with van der Waals surface area (Å²) in [5.41, 5.74) is 12.4. The first kappa shape index (κ1) is 21.7. The number of amides is 1. The van der Waals surface area contributed by atoms with Gasteiger partial charge in [-0.15, -0.1) is 0 Å². The number of hydrogen-bond donors (Lipinski definition) is 3. The second kappa shape index (κ2) is 9.77. The number of carbonyl (C=O) groups is 1. The molecule has 164 valence electrons. The summed E-state index contributed by atoms with van der Waals surface area (Å²) in [7, 11) is 2.06. The van der Waals surface area contributed by atoms with Crippen LogP contribution in [-0.2, 0) is 13.1 Å². The van der Waals surface area contributed by atoms with E-state index in [-0.39, 0.29) is 5.91 Å². The number of likely N-dealkylation sites (N-methyl/N-ethyl adjacent to an activating group) is 1. The van der Waals surface area contributed by atoms with Crippen LogP contribution in [-0.4, -0.2) is 41.1 Å². The number of rotatable bonds is 8.